The van der Waals surface area contributed by atoms with Gasteiger partial charge in [-0.1, -0.05) is 0 Å². The van der Waals surface area contributed by atoms with Gasteiger partial charge in [0.25, 0.3) is 0 Å². The quantitative estimate of drug-likeness (QED) is 0.749. The van der Waals surface area contributed by atoms with Gasteiger partial charge in [0.05, 0.1) is 23.6 Å². The fourth-order valence-corrected chi connectivity index (χ4v) is 3.62. The van der Waals surface area contributed by atoms with Crippen LogP contribution in [-0.2, 0) is 9.84 Å². The lowest BCUT2D eigenvalue weighted by atomic mass is 10.2. The summed E-state index contributed by atoms with van der Waals surface area (Å²) in [7, 11) is -2.96. The van der Waals surface area contributed by atoms with Gasteiger partial charge in [-0.2, -0.15) is 0 Å². The molecule has 90 valence electrons. The van der Waals surface area contributed by atoms with Crippen molar-refractivity contribution in [3.05, 3.63) is 5.82 Å². The summed E-state index contributed by atoms with van der Waals surface area (Å²) in [6, 6.07) is -0.464. The van der Waals surface area contributed by atoms with Crippen molar-refractivity contribution < 1.29 is 8.42 Å². The Morgan fingerprint density at radius 1 is 1.56 bits per heavy atom. The van der Waals surface area contributed by atoms with Gasteiger partial charge in [-0.3, -0.25) is 0 Å². The number of hydrogen-bond acceptors (Lipinski definition) is 6. The van der Waals surface area contributed by atoms with Gasteiger partial charge in [-0.15, -0.1) is 5.10 Å². The molecule has 2 unspecified atom stereocenters. The van der Waals surface area contributed by atoms with Crippen LogP contribution in [0.4, 0.5) is 0 Å². The molecular weight excluding hydrogens is 230 g/mol. The number of sulfone groups is 1. The van der Waals surface area contributed by atoms with E-state index in [2.05, 4.69) is 15.5 Å². The van der Waals surface area contributed by atoms with E-state index in [4.69, 9.17) is 5.73 Å². The highest BCUT2D eigenvalue weighted by atomic mass is 32.2. The van der Waals surface area contributed by atoms with Crippen LogP contribution in [0.3, 0.4) is 0 Å². The molecule has 2 rings (SSSR count). The lowest BCUT2D eigenvalue weighted by Crippen LogP contribution is -2.30. The zero-order chi connectivity index (χ0) is 11.8. The van der Waals surface area contributed by atoms with Crippen LogP contribution >= 0.6 is 0 Å². The molecule has 0 saturated carbocycles. The summed E-state index contributed by atoms with van der Waals surface area (Å²) < 4.78 is 24.6. The van der Waals surface area contributed by atoms with Crippen molar-refractivity contribution in [1.29, 1.82) is 0 Å². The Balaban J connectivity index is 2.27. The highest BCUT2D eigenvalue weighted by Crippen LogP contribution is 2.24. The van der Waals surface area contributed by atoms with Crippen LogP contribution in [0.2, 0.25) is 0 Å². The van der Waals surface area contributed by atoms with Crippen LogP contribution in [0.1, 0.15) is 37.7 Å². The summed E-state index contributed by atoms with van der Waals surface area (Å²) in [5.41, 5.74) is 5.72. The molecule has 16 heavy (non-hydrogen) atoms. The third kappa shape index (κ3) is 2.22. The fraction of sp³-hybridized carbons (Fsp3) is 0.875. The van der Waals surface area contributed by atoms with E-state index in [9.17, 15) is 8.42 Å². The topological polar surface area (TPSA) is 104 Å². The largest absolute Gasteiger partial charge is 0.322 e. The number of tetrazole rings is 1. The van der Waals surface area contributed by atoms with Crippen LogP contribution in [0.25, 0.3) is 0 Å². The standard InChI is InChI=1S/C8H15N5O2S/c1-6(9)8-10-11-12-13(8)7-3-2-4-16(14,15)5-7/h6-7H,2-5,9H2,1H3. The second-order valence-corrected chi connectivity index (χ2v) is 6.41. The average Bonchev–Trinajstić information content (AvgIpc) is 2.64. The van der Waals surface area contributed by atoms with Gasteiger partial charge in [0.2, 0.25) is 0 Å². The summed E-state index contributed by atoms with van der Waals surface area (Å²) in [6.45, 7) is 1.78. The lowest BCUT2D eigenvalue weighted by Gasteiger charge is -2.23. The normalized spacial score (nSPS) is 26.5. The minimum absolute atomic E-state index is 0.109. The molecule has 8 heteroatoms. The molecule has 2 heterocycles. The maximum absolute atomic E-state index is 11.5. The molecule has 2 atom stereocenters. The number of aromatic nitrogens is 4. The molecular formula is C8H15N5O2S. The molecule has 0 spiro atoms. The highest BCUT2D eigenvalue weighted by Gasteiger charge is 2.29. The molecule has 1 aliphatic rings. The summed E-state index contributed by atoms with van der Waals surface area (Å²) in [5, 5.41) is 11.2. The van der Waals surface area contributed by atoms with Crippen molar-refractivity contribution in [3.63, 3.8) is 0 Å². The van der Waals surface area contributed by atoms with Crippen LogP contribution in [0.15, 0.2) is 0 Å². The molecule has 0 amide bonds. The Labute approximate surface area is 93.9 Å². The lowest BCUT2D eigenvalue weighted by molar-refractivity contribution is 0.406. The SMILES string of the molecule is CC(N)c1nnnn1C1CCCS(=O)(=O)C1. The van der Waals surface area contributed by atoms with Crippen molar-refractivity contribution >= 4 is 9.84 Å². The predicted molar refractivity (Wildman–Crippen MR) is 57.3 cm³/mol. The third-order valence-corrected chi connectivity index (χ3v) is 4.51. The van der Waals surface area contributed by atoms with Crippen LogP contribution in [0.5, 0.6) is 0 Å². The van der Waals surface area contributed by atoms with Gasteiger partial charge in [-0.25, -0.2) is 13.1 Å². The number of nitrogens with two attached hydrogens (primary N) is 1. The first-order valence-corrected chi connectivity index (χ1v) is 7.05. The van der Waals surface area contributed by atoms with E-state index < -0.39 is 9.84 Å². The van der Waals surface area contributed by atoms with Gasteiger partial charge in [0, 0.05) is 0 Å². The smallest absolute Gasteiger partial charge is 0.168 e. The van der Waals surface area contributed by atoms with Crippen LogP contribution in [0, 0.1) is 0 Å². The van der Waals surface area contributed by atoms with Crippen molar-refractivity contribution in [3.8, 4) is 0 Å². The van der Waals surface area contributed by atoms with Gasteiger partial charge in [0.15, 0.2) is 15.7 Å². The fourth-order valence-electron chi connectivity index (χ4n) is 1.95. The van der Waals surface area contributed by atoms with Gasteiger partial charge in [-0.05, 0) is 30.2 Å². The van der Waals surface area contributed by atoms with Crippen LogP contribution in [-0.4, -0.2) is 40.1 Å². The first-order chi connectivity index (χ1) is 7.49. The number of rotatable bonds is 2. The summed E-state index contributed by atoms with van der Waals surface area (Å²) in [5.74, 6) is 0.916. The second-order valence-electron chi connectivity index (χ2n) is 4.18. The summed E-state index contributed by atoms with van der Waals surface area (Å²) in [4.78, 5) is 0. The Morgan fingerprint density at radius 3 is 2.94 bits per heavy atom. The average molecular weight is 245 g/mol. The molecule has 0 aliphatic carbocycles. The molecule has 2 N–H and O–H groups in total. The van der Waals surface area contributed by atoms with Gasteiger partial charge >= 0.3 is 0 Å². The maximum atomic E-state index is 11.5. The Hall–Kier alpha value is -1.02. The second kappa shape index (κ2) is 4.10. The van der Waals surface area contributed by atoms with Gasteiger partial charge < -0.3 is 5.73 Å². The summed E-state index contributed by atoms with van der Waals surface area (Å²) >= 11 is 0. The molecule has 0 bridgehead atoms. The van der Waals surface area contributed by atoms with E-state index in [1.807, 2.05) is 0 Å². The first kappa shape index (κ1) is 11.5. The van der Waals surface area contributed by atoms with Crippen molar-refractivity contribution in [1.82, 2.24) is 20.2 Å². The molecule has 0 aromatic carbocycles. The van der Waals surface area contributed by atoms with Crippen molar-refractivity contribution in [2.45, 2.75) is 31.8 Å². The van der Waals surface area contributed by atoms with Crippen molar-refractivity contribution in [2.75, 3.05) is 11.5 Å². The van der Waals surface area contributed by atoms with E-state index in [1.165, 1.54) is 0 Å². The molecule has 1 saturated heterocycles. The van der Waals surface area contributed by atoms with E-state index in [0.717, 1.165) is 6.42 Å². The predicted octanol–water partition coefficient (Wildman–Crippen LogP) is -0.557. The Morgan fingerprint density at radius 2 is 2.31 bits per heavy atom. The number of hydrogen-bond donors (Lipinski definition) is 1. The van der Waals surface area contributed by atoms with Gasteiger partial charge in [0.1, 0.15) is 0 Å². The zero-order valence-corrected chi connectivity index (χ0v) is 9.89. The van der Waals surface area contributed by atoms with E-state index in [0.29, 0.717) is 12.2 Å². The van der Waals surface area contributed by atoms with E-state index in [-0.39, 0.29) is 23.6 Å². The molecule has 1 aromatic heterocycles. The highest BCUT2D eigenvalue weighted by molar-refractivity contribution is 7.91. The maximum Gasteiger partial charge on any atom is 0.168 e. The molecule has 7 nitrogen and oxygen atoms in total. The zero-order valence-electron chi connectivity index (χ0n) is 9.07. The molecule has 1 aliphatic heterocycles. The minimum Gasteiger partial charge on any atom is -0.322 e. The molecule has 1 fully saturated rings. The van der Waals surface area contributed by atoms with Crippen molar-refractivity contribution in [2.24, 2.45) is 5.73 Å². The molecule has 0 radical (unpaired) electrons. The number of nitrogens with zero attached hydrogens (tertiary/aromatic N) is 4. The van der Waals surface area contributed by atoms with E-state index >= 15 is 0 Å². The summed E-state index contributed by atoms with van der Waals surface area (Å²) in [6.07, 6.45) is 1.44. The third-order valence-electron chi connectivity index (χ3n) is 2.71. The van der Waals surface area contributed by atoms with E-state index in [1.54, 1.807) is 11.6 Å². The first-order valence-electron chi connectivity index (χ1n) is 5.23. The van der Waals surface area contributed by atoms with Crippen LogP contribution < -0.4 is 5.73 Å². The Bertz CT molecular complexity index is 467. The molecule has 1 aromatic rings. The minimum atomic E-state index is -2.96. The monoisotopic (exact) mass is 245 g/mol. The Kier molecular flexibility index (Phi) is 2.94.